The Bertz CT molecular complexity index is 1160. The van der Waals surface area contributed by atoms with Gasteiger partial charge in [0.2, 0.25) is 11.8 Å². The molecule has 0 aliphatic heterocycles. The summed E-state index contributed by atoms with van der Waals surface area (Å²) in [5.74, 6) is -3.03. The molecule has 5 N–H and O–H groups in total. The molecule has 0 unspecified atom stereocenters. The molecule has 0 saturated heterocycles. The normalized spacial score (nSPS) is 12.6. The first-order valence-electron chi connectivity index (χ1n) is 10.7. The number of hydrogen-bond acceptors (Lipinski definition) is 5. The van der Waals surface area contributed by atoms with Crippen LogP contribution in [0.25, 0.3) is 0 Å². The van der Waals surface area contributed by atoms with Crippen LogP contribution >= 0.6 is 0 Å². The molecule has 2 atom stereocenters. The number of aliphatic hydroxyl groups excluding tert-OH is 1. The third kappa shape index (κ3) is 6.82. The standard InChI is InChI=1S/C25H26F2N4O3/c1-15-18(8-10-23(28)30-15)14-29-24(33)21(12-17-7-9-19(26)20(27)11-17)31-25(34)22(32)13-16-5-3-2-4-6-16/h2-11,21-22,32H,12-14H2,1H3,(H2,28,30)(H,29,33)(H,31,34)/t21-,22+/m0/s1. The number of nitrogen functional groups attached to an aromatic ring is 1. The zero-order valence-corrected chi connectivity index (χ0v) is 18.6. The molecule has 9 heteroatoms. The third-order valence-corrected chi connectivity index (χ3v) is 5.30. The molecule has 0 radical (unpaired) electrons. The molecular weight excluding hydrogens is 442 g/mol. The molecule has 0 bridgehead atoms. The average molecular weight is 469 g/mol. The summed E-state index contributed by atoms with van der Waals surface area (Å²) in [6.45, 7) is 1.87. The van der Waals surface area contributed by atoms with E-state index >= 15 is 0 Å². The highest BCUT2D eigenvalue weighted by Gasteiger charge is 2.25. The van der Waals surface area contributed by atoms with Gasteiger partial charge in [-0.25, -0.2) is 13.8 Å². The summed E-state index contributed by atoms with van der Waals surface area (Å²) in [6, 6.07) is 14.4. The minimum absolute atomic E-state index is 0.0580. The lowest BCUT2D eigenvalue weighted by Gasteiger charge is -2.21. The van der Waals surface area contributed by atoms with Crippen molar-refractivity contribution >= 4 is 17.6 Å². The van der Waals surface area contributed by atoms with E-state index in [2.05, 4.69) is 15.6 Å². The van der Waals surface area contributed by atoms with Crippen LogP contribution in [0.15, 0.2) is 60.7 Å². The minimum Gasteiger partial charge on any atom is -0.384 e. The molecule has 178 valence electrons. The molecule has 3 aromatic rings. The predicted octanol–water partition coefficient (Wildman–Crippen LogP) is 2.20. The van der Waals surface area contributed by atoms with Crippen molar-refractivity contribution in [3.63, 3.8) is 0 Å². The average Bonchev–Trinajstić information content (AvgIpc) is 2.80. The fourth-order valence-electron chi connectivity index (χ4n) is 3.41. The van der Waals surface area contributed by atoms with Crippen LogP contribution in [0.2, 0.25) is 0 Å². The number of aliphatic hydroxyl groups is 1. The van der Waals surface area contributed by atoms with Gasteiger partial charge < -0.3 is 21.5 Å². The maximum absolute atomic E-state index is 13.7. The number of carbonyl (C=O) groups is 2. The third-order valence-electron chi connectivity index (χ3n) is 5.30. The van der Waals surface area contributed by atoms with Crippen molar-refractivity contribution in [3.05, 3.63) is 94.7 Å². The van der Waals surface area contributed by atoms with E-state index in [-0.39, 0.29) is 19.4 Å². The fourth-order valence-corrected chi connectivity index (χ4v) is 3.41. The molecule has 0 fully saturated rings. The highest BCUT2D eigenvalue weighted by molar-refractivity contribution is 5.89. The number of nitrogens with two attached hydrogens (primary N) is 1. The summed E-state index contributed by atoms with van der Waals surface area (Å²) in [5.41, 5.74) is 8.07. The van der Waals surface area contributed by atoms with E-state index in [0.29, 0.717) is 17.1 Å². The van der Waals surface area contributed by atoms with Crippen molar-refractivity contribution in [2.24, 2.45) is 0 Å². The summed E-state index contributed by atoms with van der Waals surface area (Å²) >= 11 is 0. The number of nitrogens with zero attached hydrogens (tertiary/aromatic N) is 1. The van der Waals surface area contributed by atoms with E-state index in [4.69, 9.17) is 5.73 Å². The number of halogens is 2. The Morgan fingerprint density at radius 2 is 1.71 bits per heavy atom. The second kappa shape index (κ2) is 11.3. The lowest BCUT2D eigenvalue weighted by molar-refractivity contribution is -0.134. The van der Waals surface area contributed by atoms with E-state index in [1.54, 1.807) is 43.3 Å². The lowest BCUT2D eigenvalue weighted by atomic mass is 10.0. The topological polar surface area (TPSA) is 117 Å². The van der Waals surface area contributed by atoms with Crippen LogP contribution in [0.3, 0.4) is 0 Å². The number of nitrogens with one attached hydrogen (secondary N) is 2. The molecule has 7 nitrogen and oxygen atoms in total. The van der Waals surface area contributed by atoms with Gasteiger partial charge in [0.15, 0.2) is 11.6 Å². The van der Waals surface area contributed by atoms with Crippen molar-refractivity contribution in [3.8, 4) is 0 Å². The van der Waals surface area contributed by atoms with Crippen LogP contribution in [0.5, 0.6) is 0 Å². The minimum atomic E-state index is -1.40. The molecular formula is C25H26F2N4O3. The molecule has 2 amide bonds. The molecule has 0 spiro atoms. The molecule has 0 saturated carbocycles. The zero-order valence-electron chi connectivity index (χ0n) is 18.6. The summed E-state index contributed by atoms with van der Waals surface area (Å²) in [4.78, 5) is 29.7. The molecule has 3 rings (SSSR count). The van der Waals surface area contributed by atoms with Gasteiger partial charge >= 0.3 is 0 Å². The number of carbonyl (C=O) groups excluding carboxylic acids is 2. The number of benzene rings is 2. The molecule has 0 aliphatic rings. The first-order chi connectivity index (χ1) is 16.2. The highest BCUT2D eigenvalue weighted by atomic mass is 19.2. The number of pyridine rings is 1. The number of anilines is 1. The monoisotopic (exact) mass is 468 g/mol. The van der Waals surface area contributed by atoms with E-state index < -0.39 is 35.6 Å². The van der Waals surface area contributed by atoms with Crippen molar-refractivity contribution in [2.45, 2.75) is 38.5 Å². The van der Waals surface area contributed by atoms with Gasteiger partial charge in [0, 0.05) is 25.1 Å². The summed E-state index contributed by atoms with van der Waals surface area (Å²) < 4.78 is 27.0. The van der Waals surface area contributed by atoms with Crippen LogP contribution in [0, 0.1) is 18.6 Å². The zero-order chi connectivity index (χ0) is 24.7. The quantitative estimate of drug-likeness (QED) is 0.384. The molecule has 0 aliphatic carbocycles. The van der Waals surface area contributed by atoms with Crippen LogP contribution in [0.4, 0.5) is 14.6 Å². The molecule has 34 heavy (non-hydrogen) atoms. The second-order valence-electron chi connectivity index (χ2n) is 7.92. The van der Waals surface area contributed by atoms with E-state index in [9.17, 15) is 23.5 Å². The SMILES string of the molecule is Cc1nc(N)ccc1CNC(=O)[C@H](Cc1ccc(F)c(F)c1)NC(=O)[C@H](O)Cc1ccccc1. The molecule has 1 heterocycles. The smallest absolute Gasteiger partial charge is 0.249 e. The number of rotatable bonds is 9. The Morgan fingerprint density at radius 3 is 2.38 bits per heavy atom. The molecule has 1 aromatic heterocycles. The van der Waals surface area contributed by atoms with Gasteiger partial charge in [-0.05, 0) is 41.8 Å². The van der Waals surface area contributed by atoms with Crippen molar-refractivity contribution in [1.82, 2.24) is 15.6 Å². The van der Waals surface area contributed by atoms with Crippen LogP contribution in [-0.2, 0) is 29.0 Å². The number of hydrogen-bond donors (Lipinski definition) is 4. The summed E-state index contributed by atoms with van der Waals surface area (Å²) in [7, 11) is 0. The lowest BCUT2D eigenvalue weighted by Crippen LogP contribution is -2.51. The van der Waals surface area contributed by atoms with Crippen molar-refractivity contribution in [2.75, 3.05) is 5.73 Å². The summed E-state index contributed by atoms with van der Waals surface area (Å²) in [6.07, 6.45) is -1.44. The van der Waals surface area contributed by atoms with E-state index in [0.717, 1.165) is 23.3 Å². The Morgan fingerprint density at radius 1 is 0.971 bits per heavy atom. The van der Waals surface area contributed by atoms with E-state index in [1.165, 1.54) is 6.07 Å². The second-order valence-corrected chi connectivity index (χ2v) is 7.92. The van der Waals surface area contributed by atoms with Gasteiger partial charge in [-0.3, -0.25) is 9.59 Å². The van der Waals surface area contributed by atoms with Gasteiger partial charge in [0.1, 0.15) is 18.0 Å². The van der Waals surface area contributed by atoms with Gasteiger partial charge in [-0.2, -0.15) is 0 Å². The first-order valence-corrected chi connectivity index (χ1v) is 10.7. The van der Waals surface area contributed by atoms with Gasteiger partial charge in [0.25, 0.3) is 0 Å². The number of amides is 2. The fraction of sp³-hybridized carbons (Fsp3) is 0.240. The maximum Gasteiger partial charge on any atom is 0.249 e. The van der Waals surface area contributed by atoms with Crippen molar-refractivity contribution in [1.29, 1.82) is 0 Å². The van der Waals surface area contributed by atoms with Crippen LogP contribution < -0.4 is 16.4 Å². The van der Waals surface area contributed by atoms with Gasteiger partial charge in [-0.15, -0.1) is 0 Å². The highest BCUT2D eigenvalue weighted by Crippen LogP contribution is 2.12. The Labute approximate surface area is 196 Å². The Balaban J connectivity index is 1.72. The summed E-state index contributed by atoms with van der Waals surface area (Å²) in [5, 5.41) is 15.6. The predicted molar refractivity (Wildman–Crippen MR) is 123 cm³/mol. The number of aromatic nitrogens is 1. The molecule has 2 aromatic carbocycles. The first kappa shape index (κ1) is 24.8. The van der Waals surface area contributed by atoms with Crippen molar-refractivity contribution < 1.29 is 23.5 Å². The van der Waals surface area contributed by atoms with Gasteiger partial charge in [-0.1, -0.05) is 42.5 Å². The van der Waals surface area contributed by atoms with Crippen LogP contribution in [-0.4, -0.2) is 34.1 Å². The Kier molecular flexibility index (Phi) is 8.26. The van der Waals surface area contributed by atoms with Gasteiger partial charge in [0.05, 0.1) is 0 Å². The van der Waals surface area contributed by atoms with E-state index in [1.807, 2.05) is 6.07 Å². The number of aryl methyl sites for hydroxylation is 1. The van der Waals surface area contributed by atoms with Crippen LogP contribution in [0.1, 0.15) is 22.4 Å². The maximum atomic E-state index is 13.7. The largest absolute Gasteiger partial charge is 0.384 e. The Hall–Kier alpha value is -3.85.